The minimum absolute atomic E-state index is 0.377. The summed E-state index contributed by atoms with van der Waals surface area (Å²) in [5, 5.41) is 9.37. The molecule has 19 heavy (non-hydrogen) atoms. The van der Waals surface area contributed by atoms with E-state index >= 15 is 0 Å². The fraction of sp³-hybridized carbons (Fsp3) is 0.467. The fourth-order valence-corrected chi connectivity index (χ4v) is 2.71. The molecule has 2 aromatic rings. The molecule has 0 spiro atoms. The van der Waals surface area contributed by atoms with Crippen LogP contribution in [0.15, 0.2) is 18.2 Å². The first-order chi connectivity index (χ1) is 9.02. The monoisotopic (exact) mass is 321 g/mol. The molecule has 0 radical (unpaired) electrons. The third kappa shape index (κ3) is 3.06. The topological polar surface area (TPSA) is 30.7 Å². The van der Waals surface area contributed by atoms with Crippen molar-refractivity contribution >= 4 is 15.9 Å². The normalized spacial score (nSPS) is 11.3. The molecule has 3 nitrogen and oxygen atoms in total. The zero-order valence-electron chi connectivity index (χ0n) is 11.9. The number of benzene rings is 1. The van der Waals surface area contributed by atoms with Crippen molar-refractivity contribution in [3.63, 3.8) is 0 Å². The van der Waals surface area contributed by atoms with Gasteiger partial charge in [-0.2, -0.15) is 0 Å². The molecule has 1 aromatic heterocycles. The van der Waals surface area contributed by atoms with Gasteiger partial charge in [0.05, 0.1) is 5.33 Å². The van der Waals surface area contributed by atoms with Crippen LogP contribution in [-0.2, 0) is 11.8 Å². The Morgan fingerprint density at radius 1 is 1.16 bits per heavy atom. The fourth-order valence-electron chi connectivity index (χ4n) is 2.33. The van der Waals surface area contributed by atoms with Crippen LogP contribution in [0.2, 0.25) is 0 Å². The average molecular weight is 322 g/mol. The molecule has 1 aromatic carbocycles. The van der Waals surface area contributed by atoms with E-state index in [0.717, 1.165) is 23.4 Å². The van der Waals surface area contributed by atoms with Gasteiger partial charge in [-0.1, -0.05) is 39.7 Å². The van der Waals surface area contributed by atoms with E-state index in [4.69, 9.17) is 0 Å². The summed E-state index contributed by atoms with van der Waals surface area (Å²) in [5.74, 6) is 2.04. The van der Waals surface area contributed by atoms with Crippen LogP contribution < -0.4 is 0 Å². The highest BCUT2D eigenvalue weighted by Gasteiger charge is 2.14. The molecule has 0 unspecified atom stereocenters. The summed E-state index contributed by atoms with van der Waals surface area (Å²) in [6, 6.07) is 6.94. The Morgan fingerprint density at radius 2 is 1.84 bits per heavy atom. The molecule has 0 aliphatic rings. The predicted octanol–water partition coefficient (Wildman–Crippen LogP) is 3.96. The Balaban J connectivity index is 2.38. The molecular formula is C15H20BrN3. The predicted molar refractivity (Wildman–Crippen MR) is 81.8 cm³/mol. The number of hydrogen-bond donors (Lipinski definition) is 0. The Bertz CT molecular complexity index is 573. The molecule has 1 heterocycles. The summed E-state index contributed by atoms with van der Waals surface area (Å²) in [6.45, 7) is 8.61. The number of aryl methyl sites for hydroxylation is 2. The Kier molecular flexibility index (Phi) is 4.40. The molecule has 0 amide bonds. The highest BCUT2D eigenvalue weighted by Crippen LogP contribution is 2.19. The van der Waals surface area contributed by atoms with E-state index in [1.807, 2.05) is 0 Å². The highest BCUT2D eigenvalue weighted by atomic mass is 79.9. The smallest absolute Gasteiger partial charge is 0.143 e. The lowest BCUT2D eigenvalue weighted by Crippen LogP contribution is -2.10. The maximum Gasteiger partial charge on any atom is 0.143 e. The average Bonchev–Trinajstić information content (AvgIpc) is 2.77. The first-order valence-corrected chi connectivity index (χ1v) is 7.69. The molecular weight excluding hydrogens is 302 g/mol. The van der Waals surface area contributed by atoms with E-state index in [2.05, 4.69) is 76.6 Å². The van der Waals surface area contributed by atoms with Gasteiger partial charge in [0.1, 0.15) is 11.6 Å². The summed E-state index contributed by atoms with van der Waals surface area (Å²) >= 11 is 3.48. The van der Waals surface area contributed by atoms with Crippen LogP contribution in [0.1, 0.15) is 48.2 Å². The lowest BCUT2D eigenvalue weighted by atomic mass is 10.0. The number of aromatic nitrogens is 3. The van der Waals surface area contributed by atoms with Gasteiger partial charge in [-0.3, -0.25) is 0 Å². The van der Waals surface area contributed by atoms with Gasteiger partial charge in [-0.15, -0.1) is 10.2 Å². The number of alkyl halides is 1. The van der Waals surface area contributed by atoms with Crippen molar-refractivity contribution in [2.24, 2.45) is 0 Å². The Morgan fingerprint density at radius 3 is 2.47 bits per heavy atom. The maximum absolute atomic E-state index is 4.36. The molecule has 0 saturated carbocycles. The van der Waals surface area contributed by atoms with Crippen molar-refractivity contribution in [1.29, 1.82) is 0 Å². The maximum atomic E-state index is 4.36. The largest absolute Gasteiger partial charge is 0.311 e. The van der Waals surface area contributed by atoms with Gasteiger partial charge in [-0.25, -0.2) is 0 Å². The number of halogens is 1. The highest BCUT2D eigenvalue weighted by molar-refractivity contribution is 9.08. The molecule has 102 valence electrons. The van der Waals surface area contributed by atoms with Crippen molar-refractivity contribution in [1.82, 2.24) is 14.8 Å². The van der Waals surface area contributed by atoms with Crippen molar-refractivity contribution in [2.75, 3.05) is 0 Å². The van der Waals surface area contributed by atoms with Gasteiger partial charge < -0.3 is 4.57 Å². The molecule has 0 atom stereocenters. The zero-order valence-corrected chi connectivity index (χ0v) is 13.5. The second-order valence-corrected chi connectivity index (χ2v) is 5.80. The molecule has 0 aliphatic heterocycles. The Labute approximate surface area is 123 Å². The van der Waals surface area contributed by atoms with E-state index in [9.17, 15) is 0 Å². The third-order valence-corrected chi connectivity index (χ3v) is 3.83. The van der Waals surface area contributed by atoms with E-state index in [-0.39, 0.29) is 0 Å². The van der Waals surface area contributed by atoms with Gasteiger partial charge in [0.2, 0.25) is 0 Å². The lowest BCUT2D eigenvalue weighted by Gasteiger charge is -2.14. The number of hydrogen-bond acceptors (Lipinski definition) is 2. The van der Waals surface area contributed by atoms with Gasteiger partial charge in [0, 0.05) is 12.5 Å². The van der Waals surface area contributed by atoms with E-state index < -0.39 is 0 Å². The van der Waals surface area contributed by atoms with Crippen molar-refractivity contribution < 1.29 is 0 Å². The second kappa shape index (κ2) is 5.87. The second-order valence-electron chi connectivity index (χ2n) is 5.24. The summed E-state index contributed by atoms with van der Waals surface area (Å²) in [6.07, 6.45) is 0.839. The van der Waals surface area contributed by atoms with Crippen molar-refractivity contribution in [3.8, 4) is 0 Å². The van der Waals surface area contributed by atoms with Crippen molar-refractivity contribution in [3.05, 3.63) is 46.5 Å². The summed E-state index contributed by atoms with van der Waals surface area (Å²) in [7, 11) is 0. The van der Waals surface area contributed by atoms with Gasteiger partial charge in [0.25, 0.3) is 0 Å². The number of nitrogens with zero attached hydrogens (tertiary/aromatic N) is 3. The van der Waals surface area contributed by atoms with Gasteiger partial charge in [0.15, 0.2) is 0 Å². The van der Waals surface area contributed by atoms with Crippen LogP contribution in [0.5, 0.6) is 0 Å². The first-order valence-electron chi connectivity index (χ1n) is 6.57. The van der Waals surface area contributed by atoms with E-state index in [0.29, 0.717) is 6.04 Å². The summed E-state index contributed by atoms with van der Waals surface area (Å²) in [4.78, 5) is 0. The summed E-state index contributed by atoms with van der Waals surface area (Å²) < 4.78 is 2.22. The van der Waals surface area contributed by atoms with Crippen LogP contribution in [0, 0.1) is 13.8 Å². The molecule has 0 N–H and O–H groups in total. The van der Waals surface area contributed by atoms with Gasteiger partial charge in [-0.05, 0) is 38.8 Å². The van der Waals surface area contributed by atoms with Crippen LogP contribution in [0.25, 0.3) is 0 Å². The van der Waals surface area contributed by atoms with Crippen LogP contribution in [0.4, 0.5) is 0 Å². The molecule has 4 heteroatoms. The number of rotatable bonds is 4. The van der Waals surface area contributed by atoms with Crippen molar-refractivity contribution in [2.45, 2.75) is 45.5 Å². The third-order valence-electron chi connectivity index (χ3n) is 3.33. The summed E-state index contributed by atoms with van der Waals surface area (Å²) in [5.41, 5.74) is 3.93. The van der Waals surface area contributed by atoms with E-state index in [1.54, 1.807) is 0 Å². The standard InChI is InChI=1S/C15H20BrN3/c1-10(2)19-14(17-18-15(19)9-16)8-13-7-11(3)5-6-12(13)4/h5-7,10H,8-9H2,1-4H3. The SMILES string of the molecule is Cc1ccc(C)c(Cc2nnc(CBr)n2C(C)C)c1. The molecule has 0 fully saturated rings. The minimum Gasteiger partial charge on any atom is -0.311 e. The van der Waals surface area contributed by atoms with Crippen LogP contribution in [0.3, 0.4) is 0 Å². The zero-order chi connectivity index (χ0) is 14.0. The molecule has 2 rings (SSSR count). The molecule has 0 bridgehead atoms. The Hall–Kier alpha value is -1.16. The molecule has 0 aliphatic carbocycles. The van der Waals surface area contributed by atoms with Crippen LogP contribution >= 0.6 is 15.9 Å². The van der Waals surface area contributed by atoms with Crippen LogP contribution in [-0.4, -0.2) is 14.8 Å². The minimum atomic E-state index is 0.377. The molecule has 0 saturated heterocycles. The van der Waals surface area contributed by atoms with Gasteiger partial charge >= 0.3 is 0 Å². The quantitative estimate of drug-likeness (QED) is 0.798. The first kappa shape index (κ1) is 14.3. The van der Waals surface area contributed by atoms with E-state index in [1.165, 1.54) is 16.7 Å². The lowest BCUT2D eigenvalue weighted by molar-refractivity contribution is 0.558.